The standard InChI is InChI=1S/C13H16ClN5O/c1-8-7-9(14)5-6-10(8)20-13-17-11(15-2)16-12(18-13)19(3)4/h5-7H,1-4H3,(H,15,16,17,18). The van der Waals surface area contributed by atoms with Crippen molar-refractivity contribution in [3.63, 3.8) is 0 Å². The van der Waals surface area contributed by atoms with Gasteiger partial charge in [-0.2, -0.15) is 15.0 Å². The highest BCUT2D eigenvalue weighted by Crippen LogP contribution is 2.26. The monoisotopic (exact) mass is 293 g/mol. The Hall–Kier alpha value is -2.08. The molecule has 0 fully saturated rings. The Balaban J connectivity index is 2.34. The number of halogens is 1. The fourth-order valence-corrected chi connectivity index (χ4v) is 1.76. The molecule has 1 aromatic heterocycles. The smallest absolute Gasteiger partial charge is 0.328 e. The van der Waals surface area contributed by atoms with Crippen LogP contribution in [-0.2, 0) is 0 Å². The third-order valence-electron chi connectivity index (χ3n) is 2.56. The zero-order chi connectivity index (χ0) is 14.7. The number of nitrogens with zero attached hydrogens (tertiary/aromatic N) is 4. The molecule has 0 aliphatic rings. The number of anilines is 2. The van der Waals surface area contributed by atoms with Crippen LogP contribution in [0.5, 0.6) is 11.8 Å². The minimum Gasteiger partial charge on any atom is -0.424 e. The normalized spacial score (nSPS) is 10.2. The Morgan fingerprint density at radius 3 is 2.55 bits per heavy atom. The first kappa shape index (κ1) is 14.3. The molecule has 0 atom stereocenters. The van der Waals surface area contributed by atoms with Gasteiger partial charge in [0.25, 0.3) is 0 Å². The number of aryl methyl sites for hydroxylation is 1. The highest BCUT2D eigenvalue weighted by atomic mass is 35.5. The van der Waals surface area contributed by atoms with Crippen molar-refractivity contribution in [1.82, 2.24) is 15.0 Å². The van der Waals surface area contributed by atoms with Gasteiger partial charge in [0.15, 0.2) is 0 Å². The molecule has 2 rings (SSSR count). The summed E-state index contributed by atoms with van der Waals surface area (Å²) in [7, 11) is 5.45. The van der Waals surface area contributed by atoms with E-state index >= 15 is 0 Å². The van der Waals surface area contributed by atoms with Crippen molar-refractivity contribution in [3.8, 4) is 11.8 Å². The van der Waals surface area contributed by atoms with Crippen LogP contribution in [0.1, 0.15) is 5.56 Å². The molecular formula is C13H16ClN5O. The third-order valence-corrected chi connectivity index (χ3v) is 2.80. The highest BCUT2D eigenvalue weighted by Gasteiger charge is 2.10. The molecular weight excluding hydrogens is 278 g/mol. The van der Waals surface area contributed by atoms with Crippen molar-refractivity contribution in [1.29, 1.82) is 0 Å². The summed E-state index contributed by atoms with van der Waals surface area (Å²) >= 11 is 5.92. The second-order valence-corrected chi connectivity index (χ2v) is 4.83. The molecule has 0 saturated carbocycles. The van der Waals surface area contributed by atoms with Crippen molar-refractivity contribution in [2.24, 2.45) is 0 Å². The fraction of sp³-hybridized carbons (Fsp3) is 0.308. The number of hydrogen-bond donors (Lipinski definition) is 1. The van der Waals surface area contributed by atoms with Crippen molar-refractivity contribution in [2.75, 3.05) is 31.4 Å². The average Bonchev–Trinajstić information content (AvgIpc) is 2.41. The Morgan fingerprint density at radius 2 is 1.95 bits per heavy atom. The molecule has 1 aromatic carbocycles. The van der Waals surface area contributed by atoms with Gasteiger partial charge in [-0.15, -0.1) is 0 Å². The Bertz CT molecular complexity index is 618. The number of ether oxygens (including phenoxy) is 1. The molecule has 7 heteroatoms. The lowest BCUT2D eigenvalue weighted by molar-refractivity contribution is 0.437. The Kier molecular flexibility index (Phi) is 4.24. The molecule has 1 N–H and O–H groups in total. The summed E-state index contributed by atoms with van der Waals surface area (Å²) in [5.74, 6) is 1.63. The summed E-state index contributed by atoms with van der Waals surface area (Å²) < 4.78 is 5.71. The number of benzene rings is 1. The van der Waals surface area contributed by atoms with E-state index in [1.807, 2.05) is 27.1 Å². The van der Waals surface area contributed by atoms with Crippen LogP contribution in [0, 0.1) is 6.92 Å². The van der Waals surface area contributed by atoms with Gasteiger partial charge in [-0.1, -0.05) is 11.6 Å². The maximum atomic E-state index is 5.92. The minimum absolute atomic E-state index is 0.235. The summed E-state index contributed by atoms with van der Waals surface area (Å²) in [6.07, 6.45) is 0. The van der Waals surface area contributed by atoms with Crippen LogP contribution in [0.3, 0.4) is 0 Å². The molecule has 2 aromatic rings. The van der Waals surface area contributed by atoms with Crippen LogP contribution in [0.4, 0.5) is 11.9 Å². The molecule has 0 spiro atoms. The van der Waals surface area contributed by atoms with Crippen molar-refractivity contribution < 1.29 is 4.74 Å². The number of nitrogens with one attached hydrogen (secondary N) is 1. The highest BCUT2D eigenvalue weighted by molar-refractivity contribution is 6.30. The molecule has 20 heavy (non-hydrogen) atoms. The van der Waals surface area contributed by atoms with Crippen molar-refractivity contribution >= 4 is 23.5 Å². The van der Waals surface area contributed by atoms with Gasteiger partial charge in [-0.3, -0.25) is 0 Å². The van der Waals surface area contributed by atoms with Crippen molar-refractivity contribution in [2.45, 2.75) is 6.92 Å². The largest absolute Gasteiger partial charge is 0.424 e. The van der Waals surface area contributed by atoms with Gasteiger partial charge in [-0.25, -0.2) is 0 Å². The molecule has 106 valence electrons. The van der Waals surface area contributed by atoms with Gasteiger partial charge in [0.05, 0.1) is 0 Å². The van der Waals surface area contributed by atoms with Gasteiger partial charge in [0, 0.05) is 26.2 Å². The summed E-state index contributed by atoms with van der Waals surface area (Å²) in [5, 5.41) is 3.54. The first-order valence-electron chi connectivity index (χ1n) is 6.04. The van der Waals surface area contributed by atoms with Gasteiger partial charge in [0.2, 0.25) is 11.9 Å². The van der Waals surface area contributed by atoms with E-state index in [-0.39, 0.29) is 6.01 Å². The lowest BCUT2D eigenvalue weighted by Crippen LogP contribution is -2.15. The summed E-state index contributed by atoms with van der Waals surface area (Å²) in [4.78, 5) is 14.4. The molecule has 0 saturated heterocycles. The maximum absolute atomic E-state index is 5.92. The first-order valence-corrected chi connectivity index (χ1v) is 6.42. The van der Waals surface area contributed by atoms with Gasteiger partial charge < -0.3 is 15.0 Å². The predicted molar refractivity (Wildman–Crippen MR) is 80.0 cm³/mol. The fourth-order valence-electron chi connectivity index (χ4n) is 1.53. The lowest BCUT2D eigenvalue weighted by atomic mass is 10.2. The van der Waals surface area contributed by atoms with E-state index in [0.29, 0.717) is 22.7 Å². The molecule has 0 aliphatic carbocycles. The van der Waals surface area contributed by atoms with Gasteiger partial charge in [-0.05, 0) is 30.7 Å². The molecule has 0 amide bonds. The van der Waals surface area contributed by atoms with Crippen LogP contribution in [0.2, 0.25) is 5.02 Å². The minimum atomic E-state index is 0.235. The number of hydrogen-bond acceptors (Lipinski definition) is 6. The van der Waals surface area contributed by atoms with Crippen LogP contribution < -0.4 is 15.0 Å². The van der Waals surface area contributed by atoms with Crippen LogP contribution in [0.25, 0.3) is 0 Å². The molecule has 0 unspecified atom stereocenters. The molecule has 1 heterocycles. The van der Waals surface area contributed by atoms with E-state index < -0.39 is 0 Å². The maximum Gasteiger partial charge on any atom is 0.328 e. The quantitative estimate of drug-likeness (QED) is 0.935. The number of rotatable bonds is 4. The van der Waals surface area contributed by atoms with E-state index in [4.69, 9.17) is 16.3 Å². The second kappa shape index (κ2) is 5.92. The van der Waals surface area contributed by atoms with Crippen LogP contribution >= 0.6 is 11.6 Å². The molecule has 0 aliphatic heterocycles. The second-order valence-electron chi connectivity index (χ2n) is 4.40. The van der Waals surface area contributed by atoms with Gasteiger partial charge >= 0.3 is 6.01 Å². The summed E-state index contributed by atoms with van der Waals surface area (Å²) in [5.41, 5.74) is 0.912. The van der Waals surface area contributed by atoms with Crippen molar-refractivity contribution in [3.05, 3.63) is 28.8 Å². The zero-order valence-electron chi connectivity index (χ0n) is 11.8. The predicted octanol–water partition coefficient (Wildman–Crippen LogP) is 2.73. The van der Waals surface area contributed by atoms with E-state index in [9.17, 15) is 0 Å². The molecule has 0 radical (unpaired) electrons. The first-order chi connectivity index (χ1) is 9.49. The third kappa shape index (κ3) is 3.27. The molecule has 0 bridgehead atoms. The van der Waals surface area contributed by atoms with Crippen LogP contribution in [0.15, 0.2) is 18.2 Å². The Morgan fingerprint density at radius 1 is 1.20 bits per heavy atom. The Labute approximate surface area is 122 Å². The summed E-state index contributed by atoms with van der Waals surface area (Å²) in [6.45, 7) is 1.91. The van der Waals surface area contributed by atoms with Crippen LogP contribution in [-0.4, -0.2) is 36.1 Å². The topological polar surface area (TPSA) is 63.2 Å². The van der Waals surface area contributed by atoms with Gasteiger partial charge in [0.1, 0.15) is 5.75 Å². The van der Waals surface area contributed by atoms with E-state index in [2.05, 4.69) is 20.3 Å². The number of aromatic nitrogens is 3. The zero-order valence-corrected chi connectivity index (χ0v) is 12.6. The lowest BCUT2D eigenvalue weighted by Gasteiger charge is -2.13. The average molecular weight is 294 g/mol. The van der Waals surface area contributed by atoms with E-state index in [1.165, 1.54) is 0 Å². The summed E-state index contributed by atoms with van der Waals surface area (Å²) in [6, 6.07) is 5.61. The van der Waals surface area contributed by atoms with E-state index in [1.54, 1.807) is 24.1 Å². The SMILES string of the molecule is CNc1nc(Oc2ccc(Cl)cc2C)nc(N(C)C)n1. The van der Waals surface area contributed by atoms with E-state index in [0.717, 1.165) is 5.56 Å². The molecule has 6 nitrogen and oxygen atoms in total.